The number of amides is 2. The number of aromatic nitrogens is 2. The standard InChI is InChI=1S/C16H27N5O2/c1-18(2)15(22)21-8-9-23-13-16(12-21)4-6-20(11-16)10-14-17-5-7-19(14)3/h5,7H,4,6,8-13H2,1-3H3/t16-/m1/s1. The van der Waals surface area contributed by atoms with E-state index in [0.717, 1.165) is 45.0 Å². The largest absolute Gasteiger partial charge is 0.379 e. The first-order valence-electron chi connectivity index (χ1n) is 8.22. The summed E-state index contributed by atoms with van der Waals surface area (Å²) in [5.41, 5.74) is 0.0489. The molecule has 0 radical (unpaired) electrons. The van der Waals surface area contributed by atoms with Crippen LogP contribution in [0.4, 0.5) is 4.79 Å². The minimum atomic E-state index is 0.0489. The highest BCUT2D eigenvalue weighted by atomic mass is 16.5. The Morgan fingerprint density at radius 1 is 1.39 bits per heavy atom. The van der Waals surface area contributed by atoms with E-state index in [1.807, 2.05) is 38.4 Å². The summed E-state index contributed by atoms with van der Waals surface area (Å²) in [7, 11) is 5.64. The molecule has 2 fully saturated rings. The van der Waals surface area contributed by atoms with Gasteiger partial charge in [0.1, 0.15) is 5.82 Å². The SMILES string of the molecule is CN(C)C(=O)N1CCOC[C@@]2(CCN(Cc3nccn3C)C2)C1. The number of hydrogen-bond donors (Lipinski definition) is 0. The zero-order valence-corrected chi connectivity index (χ0v) is 14.4. The number of urea groups is 1. The van der Waals surface area contributed by atoms with Gasteiger partial charge >= 0.3 is 6.03 Å². The minimum Gasteiger partial charge on any atom is -0.379 e. The van der Waals surface area contributed by atoms with E-state index in [1.165, 1.54) is 0 Å². The second-order valence-electron chi connectivity index (χ2n) is 7.07. The summed E-state index contributed by atoms with van der Waals surface area (Å²) >= 11 is 0. The Bertz CT molecular complexity index is 558. The van der Waals surface area contributed by atoms with Gasteiger partial charge in [0, 0.05) is 58.6 Å². The predicted octanol–water partition coefficient (Wildman–Crippen LogP) is 0.626. The molecule has 0 bridgehead atoms. The summed E-state index contributed by atoms with van der Waals surface area (Å²) in [6.45, 7) is 5.66. The molecule has 1 aromatic rings. The highest BCUT2D eigenvalue weighted by Gasteiger charge is 2.42. The molecule has 2 saturated heterocycles. The molecule has 1 atom stereocenters. The lowest BCUT2D eigenvalue weighted by Crippen LogP contribution is -2.46. The number of likely N-dealkylation sites (tertiary alicyclic amines) is 1. The van der Waals surface area contributed by atoms with E-state index in [1.54, 1.807) is 4.90 Å². The van der Waals surface area contributed by atoms with Crippen molar-refractivity contribution in [2.75, 3.05) is 53.5 Å². The lowest BCUT2D eigenvalue weighted by Gasteiger charge is -2.33. The lowest BCUT2D eigenvalue weighted by atomic mass is 9.87. The van der Waals surface area contributed by atoms with Gasteiger partial charge in [-0.05, 0) is 13.0 Å². The van der Waals surface area contributed by atoms with Crippen LogP contribution in [0.25, 0.3) is 0 Å². The number of ether oxygens (including phenoxy) is 1. The van der Waals surface area contributed by atoms with E-state index < -0.39 is 0 Å². The van der Waals surface area contributed by atoms with E-state index in [0.29, 0.717) is 13.2 Å². The van der Waals surface area contributed by atoms with Crippen molar-refractivity contribution in [2.24, 2.45) is 12.5 Å². The van der Waals surface area contributed by atoms with Gasteiger partial charge in [0.2, 0.25) is 0 Å². The average molecular weight is 321 g/mol. The molecule has 2 amide bonds. The van der Waals surface area contributed by atoms with Crippen molar-refractivity contribution in [1.29, 1.82) is 0 Å². The van der Waals surface area contributed by atoms with Crippen molar-refractivity contribution in [3.05, 3.63) is 18.2 Å². The monoisotopic (exact) mass is 321 g/mol. The maximum atomic E-state index is 12.3. The third-order valence-corrected chi connectivity index (χ3v) is 4.90. The first-order valence-corrected chi connectivity index (χ1v) is 8.22. The maximum absolute atomic E-state index is 12.3. The molecule has 0 unspecified atom stereocenters. The smallest absolute Gasteiger partial charge is 0.319 e. The van der Waals surface area contributed by atoms with Crippen molar-refractivity contribution in [3.8, 4) is 0 Å². The van der Waals surface area contributed by atoms with Gasteiger partial charge in [-0.1, -0.05) is 0 Å². The zero-order chi connectivity index (χ0) is 16.4. The van der Waals surface area contributed by atoms with E-state index in [9.17, 15) is 4.79 Å². The second kappa shape index (κ2) is 6.49. The van der Waals surface area contributed by atoms with Gasteiger partial charge in [0.05, 0.1) is 19.8 Å². The average Bonchev–Trinajstić information content (AvgIpc) is 3.02. The number of aryl methyl sites for hydroxylation is 1. The fourth-order valence-corrected chi connectivity index (χ4v) is 3.60. The molecule has 2 aliphatic heterocycles. The quantitative estimate of drug-likeness (QED) is 0.802. The van der Waals surface area contributed by atoms with Gasteiger partial charge in [-0.2, -0.15) is 0 Å². The Balaban J connectivity index is 1.66. The molecule has 23 heavy (non-hydrogen) atoms. The second-order valence-corrected chi connectivity index (χ2v) is 7.07. The summed E-state index contributed by atoms with van der Waals surface area (Å²) in [5, 5.41) is 0. The molecule has 0 aliphatic carbocycles. The molecular weight excluding hydrogens is 294 g/mol. The van der Waals surface area contributed by atoms with Crippen molar-refractivity contribution >= 4 is 6.03 Å². The van der Waals surface area contributed by atoms with Gasteiger partial charge in [-0.25, -0.2) is 9.78 Å². The van der Waals surface area contributed by atoms with Crippen molar-refractivity contribution in [1.82, 2.24) is 24.3 Å². The molecule has 7 heteroatoms. The molecule has 128 valence electrons. The first-order chi connectivity index (χ1) is 11.0. The van der Waals surface area contributed by atoms with Crippen LogP contribution >= 0.6 is 0 Å². The molecule has 0 saturated carbocycles. The number of nitrogens with zero attached hydrogens (tertiary/aromatic N) is 5. The van der Waals surface area contributed by atoms with E-state index in [2.05, 4.69) is 14.5 Å². The fourth-order valence-electron chi connectivity index (χ4n) is 3.60. The number of carbonyl (C=O) groups excluding carboxylic acids is 1. The summed E-state index contributed by atoms with van der Waals surface area (Å²) < 4.78 is 7.91. The van der Waals surface area contributed by atoms with Crippen LogP contribution in [0.5, 0.6) is 0 Å². The zero-order valence-electron chi connectivity index (χ0n) is 14.4. The van der Waals surface area contributed by atoms with Crippen molar-refractivity contribution < 1.29 is 9.53 Å². The van der Waals surface area contributed by atoms with Crippen LogP contribution in [0.2, 0.25) is 0 Å². The normalized spacial score (nSPS) is 25.8. The molecule has 1 spiro atoms. The Labute approximate surface area is 137 Å². The molecule has 2 aliphatic rings. The van der Waals surface area contributed by atoms with Crippen molar-refractivity contribution in [3.63, 3.8) is 0 Å². The number of imidazole rings is 1. The van der Waals surface area contributed by atoms with Gasteiger partial charge in [0.15, 0.2) is 0 Å². The Kier molecular flexibility index (Phi) is 4.59. The molecule has 3 heterocycles. The topological polar surface area (TPSA) is 53.8 Å². The van der Waals surface area contributed by atoms with Crippen LogP contribution in [-0.2, 0) is 18.3 Å². The van der Waals surface area contributed by atoms with Crippen LogP contribution in [0.1, 0.15) is 12.2 Å². The van der Waals surface area contributed by atoms with Gasteiger partial charge in [-0.15, -0.1) is 0 Å². The summed E-state index contributed by atoms with van der Waals surface area (Å²) in [5.74, 6) is 1.08. The summed E-state index contributed by atoms with van der Waals surface area (Å²) in [6.07, 6.45) is 4.88. The van der Waals surface area contributed by atoms with Crippen molar-refractivity contribution in [2.45, 2.75) is 13.0 Å². The molecular formula is C16H27N5O2. The third kappa shape index (κ3) is 3.50. The van der Waals surface area contributed by atoms with E-state index in [4.69, 9.17) is 4.74 Å². The Morgan fingerprint density at radius 3 is 2.91 bits per heavy atom. The molecule has 1 aromatic heterocycles. The fraction of sp³-hybridized carbons (Fsp3) is 0.750. The number of hydrogen-bond acceptors (Lipinski definition) is 4. The number of carbonyl (C=O) groups is 1. The third-order valence-electron chi connectivity index (χ3n) is 4.90. The summed E-state index contributed by atoms with van der Waals surface area (Å²) in [4.78, 5) is 22.8. The maximum Gasteiger partial charge on any atom is 0.319 e. The van der Waals surface area contributed by atoms with Crippen LogP contribution in [-0.4, -0.2) is 83.8 Å². The highest BCUT2D eigenvalue weighted by Crippen LogP contribution is 2.34. The molecule has 0 aromatic carbocycles. The van der Waals surface area contributed by atoms with Gasteiger partial charge < -0.3 is 19.1 Å². The molecule has 7 nitrogen and oxygen atoms in total. The van der Waals surface area contributed by atoms with Crippen LogP contribution in [0.15, 0.2) is 12.4 Å². The Morgan fingerprint density at radius 2 is 2.22 bits per heavy atom. The number of rotatable bonds is 2. The highest BCUT2D eigenvalue weighted by molar-refractivity contribution is 5.73. The molecule has 3 rings (SSSR count). The lowest BCUT2D eigenvalue weighted by molar-refractivity contribution is 0.0709. The summed E-state index contributed by atoms with van der Waals surface area (Å²) in [6, 6.07) is 0.0810. The van der Waals surface area contributed by atoms with Crippen LogP contribution in [0, 0.1) is 5.41 Å². The van der Waals surface area contributed by atoms with Gasteiger partial charge in [0.25, 0.3) is 0 Å². The first kappa shape index (κ1) is 16.3. The van der Waals surface area contributed by atoms with E-state index >= 15 is 0 Å². The van der Waals surface area contributed by atoms with E-state index in [-0.39, 0.29) is 11.4 Å². The van der Waals surface area contributed by atoms with Gasteiger partial charge in [-0.3, -0.25) is 4.90 Å². The minimum absolute atomic E-state index is 0.0489. The predicted molar refractivity (Wildman–Crippen MR) is 87.0 cm³/mol. The van der Waals surface area contributed by atoms with Crippen LogP contribution in [0.3, 0.4) is 0 Å². The Hall–Kier alpha value is -1.60. The molecule has 0 N–H and O–H groups in total. The van der Waals surface area contributed by atoms with Crippen LogP contribution < -0.4 is 0 Å².